The summed E-state index contributed by atoms with van der Waals surface area (Å²) in [6.45, 7) is 2.88. The van der Waals surface area contributed by atoms with Crippen molar-refractivity contribution in [2.24, 2.45) is 0 Å². The second-order valence-electron chi connectivity index (χ2n) is 5.87. The summed E-state index contributed by atoms with van der Waals surface area (Å²) in [4.78, 5) is 6.60. The molecule has 3 heterocycles. The van der Waals surface area contributed by atoms with Gasteiger partial charge in [0.2, 0.25) is 5.95 Å². The van der Waals surface area contributed by atoms with Crippen LogP contribution < -0.4 is 10.2 Å². The van der Waals surface area contributed by atoms with Crippen LogP contribution in [0.2, 0.25) is 0 Å². The second kappa shape index (κ2) is 6.29. The lowest BCUT2D eigenvalue weighted by Gasteiger charge is -2.37. The predicted octanol–water partition coefficient (Wildman–Crippen LogP) is 2.10. The average molecular weight is 331 g/mol. The van der Waals surface area contributed by atoms with E-state index in [0.29, 0.717) is 24.8 Å². The zero-order valence-corrected chi connectivity index (χ0v) is 13.1. The molecule has 2 aliphatic heterocycles. The number of piperidine rings is 1. The van der Waals surface area contributed by atoms with E-state index in [0.717, 1.165) is 31.7 Å². The molecule has 0 bridgehead atoms. The van der Waals surface area contributed by atoms with Crippen LogP contribution in [0.25, 0.3) is 0 Å². The van der Waals surface area contributed by atoms with Crippen LogP contribution in [0, 0.1) is 5.82 Å². The van der Waals surface area contributed by atoms with Gasteiger partial charge in [0, 0.05) is 31.6 Å². The smallest absolute Gasteiger partial charge is 0.249 e. The molecule has 2 aromatic rings. The van der Waals surface area contributed by atoms with Gasteiger partial charge in [-0.15, -0.1) is 5.10 Å². The van der Waals surface area contributed by atoms with E-state index in [4.69, 9.17) is 9.47 Å². The van der Waals surface area contributed by atoms with Crippen LogP contribution in [0.3, 0.4) is 0 Å². The SMILES string of the molecule is Fc1cccc(Nc2nncc(N3CCC4(CC3)OCCO4)n2)c1. The molecule has 0 unspecified atom stereocenters. The Morgan fingerprint density at radius 1 is 1.17 bits per heavy atom. The van der Waals surface area contributed by atoms with E-state index in [-0.39, 0.29) is 5.82 Å². The molecule has 126 valence electrons. The summed E-state index contributed by atoms with van der Waals surface area (Å²) in [6, 6.07) is 6.14. The van der Waals surface area contributed by atoms with Crippen LogP contribution in [-0.2, 0) is 9.47 Å². The fourth-order valence-corrected chi connectivity index (χ4v) is 3.06. The lowest BCUT2D eigenvalue weighted by atomic mass is 10.0. The minimum Gasteiger partial charge on any atom is -0.355 e. The summed E-state index contributed by atoms with van der Waals surface area (Å²) in [5, 5.41) is 10.9. The highest BCUT2D eigenvalue weighted by molar-refractivity contribution is 5.54. The lowest BCUT2D eigenvalue weighted by Crippen LogP contribution is -2.45. The van der Waals surface area contributed by atoms with Crippen molar-refractivity contribution in [2.45, 2.75) is 18.6 Å². The Morgan fingerprint density at radius 2 is 1.96 bits per heavy atom. The number of hydrogen-bond donors (Lipinski definition) is 1. The summed E-state index contributed by atoms with van der Waals surface area (Å²) < 4.78 is 24.7. The standard InChI is InChI=1S/C16H18FN5O2/c17-12-2-1-3-13(10-12)19-15-20-14(11-18-21-15)22-6-4-16(5-7-22)23-8-9-24-16/h1-3,10-11H,4-9H2,(H,19,20,21). The van der Waals surface area contributed by atoms with Crippen LogP contribution in [0.15, 0.2) is 30.5 Å². The molecule has 7 nitrogen and oxygen atoms in total. The summed E-state index contributed by atoms with van der Waals surface area (Å²) >= 11 is 0. The van der Waals surface area contributed by atoms with Gasteiger partial charge in [0.05, 0.1) is 19.4 Å². The molecule has 2 fully saturated rings. The highest BCUT2D eigenvalue weighted by Crippen LogP contribution is 2.32. The third kappa shape index (κ3) is 3.15. The molecule has 1 N–H and O–H groups in total. The van der Waals surface area contributed by atoms with Crippen molar-refractivity contribution >= 4 is 17.5 Å². The maximum atomic E-state index is 13.3. The summed E-state index contributed by atoms with van der Waals surface area (Å²) in [7, 11) is 0. The molecule has 24 heavy (non-hydrogen) atoms. The number of halogens is 1. The maximum Gasteiger partial charge on any atom is 0.249 e. The summed E-state index contributed by atoms with van der Waals surface area (Å²) in [5.41, 5.74) is 0.583. The van der Waals surface area contributed by atoms with E-state index < -0.39 is 5.79 Å². The predicted molar refractivity (Wildman–Crippen MR) is 85.6 cm³/mol. The molecule has 2 saturated heterocycles. The Labute approximate surface area is 138 Å². The lowest BCUT2D eigenvalue weighted by molar-refractivity contribution is -0.169. The van der Waals surface area contributed by atoms with Crippen LogP contribution in [0.1, 0.15) is 12.8 Å². The van der Waals surface area contributed by atoms with Crippen LogP contribution >= 0.6 is 0 Å². The monoisotopic (exact) mass is 331 g/mol. The third-order valence-corrected chi connectivity index (χ3v) is 4.29. The van der Waals surface area contributed by atoms with E-state index in [1.165, 1.54) is 12.1 Å². The largest absolute Gasteiger partial charge is 0.355 e. The first kappa shape index (κ1) is 15.2. The quantitative estimate of drug-likeness (QED) is 0.923. The van der Waals surface area contributed by atoms with Crippen molar-refractivity contribution in [3.63, 3.8) is 0 Å². The van der Waals surface area contributed by atoms with Crippen molar-refractivity contribution in [2.75, 3.05) is 36.5 Å². The van der Waals surface area contributed by atoms with Crippen molar-refractivity contribution in [1.82, 2.24) is 15.2 Å². The van der Waals surface area contributed by atoms with Crippen molar-refractivity contribution in [3.8, 4) is 0 Å². The molecule has 1 aromatic carbocycles. The summed E-state index contributed by atoms with van der Waals surface area (Å²) in [6.07, 6.45) is 3.22. The Balaban J connectivity index is 1.45. The van der Waals surface area contributed by atoms with Gasteiger partial charge in [-0.2, -0.15) is 10.1 Å². The third-order valence-electron chi connectivity index (χ3n) is 4.29. The topological polar surface area (TPSA) is 72.4 Å². The second-order valence-corrected chi connectivity index (χ2v) is 5.87. The Hall–Kier alpha value is -2.32. The first-order chi connectivity index (χ1) is 11.7. The Morgan fingerprint density at radius 3 is 2.71 bits per heavy atom. The zero-order chi connectivity index (χ0) is 16.4. The summed E-state index contributed by atoms with van der Waals surface area (Å²) in [5.74, 6) is 0.338. The van der Waals surface area contributed by atoms with Gasteiger partial charge in [-0.3, -0.25) is 0 Å². The van der Waals surface area contributed by atoms with Crippen LogP contribution in [-0.4, -0.2) is 47.3 Å². The molecule has 0 aliphatic carbocycles. The Bertz CT molecular complexity index is 713. The van der Waals surface area contributed by atoms with E-state index >= 15 is 0 Å². The van der Waals surface area contributed by atoms with Gasteiger partial charge < -0.3 is 19.7 Å². The van der Waals surface area contributed by atoms with Crippen molar-refractivity contribution in [1.29, 1.82) is 0 Å². The van der Waals surface area contributed by atoms with Crippen LogP contribution in [0.4, 0.5) is 21.8 Å². The first-order valence-corrected chi connectivity index (χ1v) is 7.98. The van der Waals surface area contributed by atoms with Gasteiger partial charge in [0.25, 0.3) is 0 Å². The highest BCUT2D eigenvalue weighted by atomic mass is 19.1. The molecule has 0 atom stereocenters. The minimum absolute atomic E-state index is 0.318. The molecule has 0 amide bonds. The number of benzene rings is 1. The van der Waals surface area contributed by atoms with Crippen molar-refractivity contribution in [3.05, 3.63) is 36.3 Å². The number of hydrogen-bond acceptors (Lipinski definition) is 7. The number of aromatic nitrogens is 3. The van der Waals surface area contributed by atoms with E-state index in [1.807, 2.05) is 0 Å². The molecule has 4 rings (SSSR count). The first-order valence-electron chi connectivity index (χ1n) is 7.98. The van der Waals surface area contributed by atoms with Gasteiger partial charge in [0.1, 0.15) is 5.82 Å². The van der Waals surface area contributed by atoms with Gasteiger partial charge >= 0.3 is 0 Å². The Kier molecular flexibility index (Phi) is 3.99. The zero-order valence-electron chi connectivity index (χ0n) is 13.1. The molecule has 2 aliphatic rings. The van der Waals surface area contributed by atoms with Gasteiger partial charge in [-0.25, -0.2) is 4.39 Å². The fraction of sp³-hybridized carbons (Fsp3) is 0.438. The van der Waals surface area contributed by atoms with Gasteiger partial charge in [-0.05, 0) is 18.2 Å². The average Bonchev–Trinajstić information content (AvgIpc) is 3.04. The van der Waals surface area contributed by atoms with Crippen LogP contribution in [0.5, 0.6) is 0 Å². The molecular weight excluding hydrogens is 313 g/mol. The number of nitrogens with one attached hydrogen (secondary N) is 1. The highest BCUT2D eigenvalue weighted by Gasteiger charge is 2.40. The molecule has 1 spiro atoms. The maximum absolute atomic E-state index is 13.3. The normalized spacial score (nSPS) is 19.6. The molecule has 1 aromatic heterocycles. The van der Waals surface area contributed by atoms with Crippen molar-refractivity contribution < 1.29 is 13.9 Å². The number of rotatable bonds is 3. The van der Waals surface area contributed by atoms with E-state index in [9.17, 15) is 4.39 Å². The van der Waals surface area contributed by atoms with Gasteiger partial charge in [-0.1, -0.05) is 6.07 Å². The molecule has 0 saturated carbocycles. The van der Waals surface area contributed by atoms with E-state index in [2.05, 4.69) is 25.4 Å². The molecule has 8 heteroatoms. The minimum atomic E-state index is -0.417. The van der Waals surface area contributed by atoms with E-state index in [1.54, 1.807) is 18.3 Å². The fourth-order valence-electron chi connectivity index (χ4n) is 3.06. The number of anilines is 3. The van der Waals surface area contributed by atoms with Gasteiger partial charge in [0.15, 0.2) is 11.6 Å². The number of ether oxygens (including phenoxy) is 2. The number of nitrogens with zero attached hydrogens (tertiary/aromatic N) is 4. The molecular formula is C16H18FN5O2. The molecule has 0 radical (unpaired) electrons.